The summed E-state index contributed by atoms with van der Waals surface area (Å²) in [4.78, 5) is 25.8. The predicted octanol–water partition coefficient (Wildman–Crippen LogP) is 3.69. The van der Waals surface area contributed by atoms with Gasteiger partial charge < -0.3 is 10.1 Å². The summed E-state index contributed by atoms with van der Waals surface area (Å²) in [6.45, 7) is 2.02. The molecule has 0 spiro atoms. The van der Waals surface area contributed by atoms with E-state index in [0.29, 0.717) is 21.5 Å². The molecule has 0 fully saturated rings. The average Bonchev–Trinajstić information content (AvgIpc) is 2.39. The van der Waals surface area contributed by atoms with Crippen molar-refractivity contribution in [3.63, 3.8) is 0 Å². The number of benzene rings is 1. The number of fused-ring (bicyclic) bond motifs is 1. The maximum absolute atomic E-state index is 11.9. The number of allylic oxidation sites excluding steroid dienone is 1. The normalized spacial score (nSPS) is 11.3. The molecule has 20 heavy (non-hydrogen) atoms. The summed E-state index contributed by atoms with van der Waals surface area (Å²) in [5, 5.41) is 10.4. The van der Waals surface area contributed by atoms with Gasteiger partial charge >= 0.3 is 5.97 Å². The van der Waals surface area contributed by atoms with Gasteiger partial charge in [-0.1, -0.05) is 37.1 Å². The first-order valence-corrected chi connectivity index (χ1v) is 6.67. The minimum atomic E-state index is -1.25. The molecule has 0 radical (unpaired) electrons. The molecule has 0 aliphatic rings. The number of hydrogen-bond donors (Lipinski definition) is 2. The van der Waals surface area contributed by atoms with Crippen LogP contribution in [0.25, 0.3) is 17.0 Å². The molecule has 104 valence electrons. The molecule has 2 N–H and O–H groups in total. The molecule has 2 aromatic rings. The fourth-order valence-corrected chi connectivity index (χ4v) is 2.22. The van der Waals surface area contributed by atoms with E-state index < -0.39 is 11.5 Å². The highest BCUT2D eigenvalue weighted by molar-refractivity contribution is 6.31. The topological polar surface area (TPSA) is 70.2 Å². The molecule has 0 amide bonds. The third-order valence-electron chi connectivity index (χ3n) is 2.97. The quantitative estimate of drug-likeness (QED) is 0.902. The SMILES string of the molecule is CCC/C=C/c1c(C(=O)O)c(=O)[nH]c2ccc(Cl)cc12. The minimum absolute atomic E-state index is 0.257. The van der Waals surface area contributed by atoms with Crippen LogP contribution < -0.4 is 5.56 Å². The van der Waals surface area contributed by atoms with Crippen LogP contribution in [0, 0.1) is 0 Å². The van der Waals surface area contributed by atoms with Gasteiger partial charge in [0.25, 0.3) is 5.56 Å². The van der Waals surface area contributed by atoms with E-state index in [0.717, 1.165) is 12.8 Å². The monoisotopic (exact) mass is 291 g/mol. The fourth-order valence-electron chi connectivity index (χ4n) is 2.04. The Morgan fingerprint density at radius 2 is 2.20 bits per heavy atom. The van der Waals surface area contributed by atoms with Crippen molar-refractivity contribution >= 4 is 34.5 Å². The lowest BCUT2D eigenvalue weighted by Gasteiger charge is -2.07. The Kier molecular flexibility index (Phi) is 4.25. The van der Waals surface area contributed by atoms with Crippen LogP contribution in [-0.2, 0) is 0 Å². The first-order chi connectivity index (χ1) is 9.54. The zero-order valence-electron chi connectivity index (χ0n) is 10.9. The van der Waals surface area contributed by atoms with E-state index >= 15 is 0 Å². The second-order valence-electron chi connectivity index (χ2n) is 4.43. The van der Waals surface area contributed by atoms with Gasteiger partial charge in [-0.15, -0.1) is 0 Å². The van der Waals surface area contributed by atoms with Crippen molar-refractivity contribution in [2.75, 3.05) is 0 Å². The van der Waals surface area contributed by atoms with Gasteiger partial charge in [-0.2, -0.15) is 0 Å². The first kappa shape index (κ1) is 14.3. The van der Waals surface area contributed by atoms with Gasteiger partial charge in [0.2, 0.25) is 0 Å². The predicted molar refractivity (Wildman–Crippen MR) is 80.5 cm³/mol. The maximum atomic E-state index is 11.9. The summed E-state index contributed by atoms with van der Waals surface area (Å²) in [5.74, 6) is -1.25. The Balaban J connectivity index is 2.81. The highest BCUT2D eigenvalue weighted by Gasteiger charge is 2.16. The number of H-pyrrole nitrogens is 1. The number of aromatic amines is 1. The zero-order chi connectivity index (χ0) is 14.7. The van der Waals surface area contributed by atoms with Gasteiger partial charge in [0, 0.05) is 21.5 Å². The molecule has 2 rings (SSSR count). The Hall–Kier alpha value is -2.07. The molecule has 0 saturated heterocycles. The molecule has 0 saturated carbocycles. The lowest BCUT2D eigenvalue weighted by molar-refractivity contribution is 0.0695. The zero-order valence-corrected chi connectivity index (χ0v) is 11.7. The van der Waals surface area contributed by atoms with Gasteiger partial charge in [-0.25, -0.2) is 4.79 Å². The van der Waals surface area contributed by atoms with E-state index in [2.05, 4.69) is 4.98 Å². The van der Waals surface area contributed by atoms with Gasteiger partial charge in [0.1, 0.15) is 5.56 Å². The van der Waals surface area contributed by atoms with Gasteiger partial charge in [0.05, 0.1) is 0 Å². The number of nitrogens with one attached hydrogen (secondary N) is 1. The Morgan fingerprint density at radius 1 is 1.45 bits per heavy atom. The van der Waals surface area contributed by atoms with Crippen molar-refractivity contribution in [1.82, 2.24) is 4.98 Å². The number of rotatable bonds is 4. The molecule has 5 heteroatoms. The second-order valence-corrected chi connectivity index (χ2v) is 4.87. The first-order valence-electron chi connectivity index (χ1n) is 6.30. The van der Waals surface area contributed by atoms with Crippen LogP contribution in [0.1, 0.15) is 35.7 Å². The lowest BCUT2D eigenvalue weighted by atomic mass is 10.0. The average molecular weight is 292 g/mol. The molecule has 1 aromatic carbocycles. The van der Waals surface area contributed by atoms with Crippen molar-refractivity contribution in [2.45, 2.75) is 19.8 Å². The van der Waals surface area contributed by atoms with E-state index in [1.807, 2.05) is 13.0 Å². The Labute approximate surface area is 120 Å². The van der Waals surface area contributed by atoms with Crippen molar-refractivity contribution in [3.8, 4) is 0 Å². The summed E-state index contributed by atoms with van der Waals surface area (Å²) < 4.78 is 0. The Morgan fingerprint density at radius 3 is 2.85 bits per heavy atom. The summed E-state index contributed by atoms with van der Waals surface area (Å²) in [6.07, 6.45) is 5.30. The summed E-state index contributed by atoms with van der Waals surface area (Å²) in [5.41, 5.74) is 0.100. The lowest BCUT2D eigenvalue weighted by Crippen LogP contribution is -2.19. The van der Waals surface area contributed by atoms with Crippen LogP contribution in [0.2, 0.25) is 5.02 Å². The van der Waals surface area contributed by atoms with E-state index in [9.17, 15) is 14.7 Å². The van der Waals surface area contributed by atoms with Crippen LogP contribution >= 0.6 is 11.6 Å². The number of hydrogen-bond acceptors (Lipinski definition) is 2. The van der Waals surface area contributed by atoms with Crippen LogP contribution in [0.5, 0.6) is 0 Å². The molecular weight excluding hydrogens is 278 g/mol. The largest absolute Gasteiger partial charge is 0.477 e. The number of carboxylic acids is 1. The van der Waals surface area contributed by atoms with Crippen LogP contribution in [-0.4, -0.2) is 16.1 Å². The number of pyridine rings is 1. The van der Waals surface area contributed by atoms with Gasteiger partial charge in [-0.05, 0) is 24.6 Å². The van der Waals surface area contributed by atoms with Crippen molar-refractivity contribution in [3.05, 3.63) is 50.8 Å². The number of aromatic carboxylic acids is 1. The molecule has 0 atom stereocenters. The molecule has 0 bridgehead atoms. The number of halogens is 1. The summed E-state index contributed by atoms with van der Waals surface area (Å²) in [6, 6.07) is 4.98. The van der Waals surface area contributed by atoms with Crippen molar-refractivity contribution < 1.29 is 9.90 Å². The van der Waals surface area contributed by atoms with E-state index in [4.69, 9.17) is 11.6 Å². The highest BCUT2D eigenvalue weighted by atomic mass is 35.5. The van der Waals surface area contributed by atoms with E-state index in [1.54, 1.807) is 24.3 Å². The molecular formula is C15H14ClNO3. The standard InChI is InChI=1S/C15H14ClNO3/c1-2-3-4-5-10-11-8-9(16)6-7-12(11)17-14(18)13(10)15(19)20/h4-8H,2-3H2,1H3,(H,17,18)(H,19,20)/b5-4+. The number of aromatic nitrogens is 1. The third kappa shape index (κ3) is 2.75. The van der Waals surface area contributed by atoms with Gasteiger partial charge in [-0.3, -0.25) is 4.79 Å². The van der Waals surface area contributed by atoms with E-state index in [1.165, 1.54) is 0 Å². The molecule has 4 nitrogen and oxygen atoms in total. The molecule has 0 aliphatic heterocycles. The van der Waals surface area contributed by atoms with Crippen LogP contribution in [0.4, 0.5) is 0 Å². The summed E-state index contributed by atoms with van der Waals surface area (Å²) in [7, 11) is 0. The molecule has 0 unspecified atom stereocenters. The smallest absolute Gasteiger partial charge is 0.341 e. The third-order valence-corrected chi connectivity index (χ3v) is 3.21. The molecule has 1 aromatic heterocycles. The van der Waals surface area contributed by atoms with E-state index in [-0.39, 0.29) is 5.56 Å². The molecule has 1 heterocycles. The van der Waals surface area contributed by atoms with Gasteiger partial charge in [0.15, 0.2) is 0 Å². The minimum Gasteiger partial charge on any atom is -0.477 e. The number of unbranched alkanes of at least 4 members (excludes halogenated alkanes) is 1. The van der Waals surface area contributed by atoms with Crippen molar-refractivity contribution in [1.29, 1.82) is 0 Å². The fraction of sp³-hybridized carbons (Fsp3) is 0.200. The summed E-state index contributed by atoms with van der Waals surface area (Å²) >= 11 is 5.96. The molecule has 0 aliphatic carbocycles. The van der Waals surface area contributed by atoms with Crippen LogP contribution in [0.3, 0.4) is 0 Å². The van der Waals surface area contributed by atoms with Crippen molar-refractivity contribution in [2.24, 2.45) is 0 Å². The van der Waals surface area contributed by atoms with Crippen LogP contribution in [0.15, 0.2) is 29.1 Å². The number of carbonyl (C=O) groups is 1. The highest BCUT2D eigenvalue weighted by Crippen LogP contribution is 2.23. The number of carboxylic acid groups (broad SMARTS) is 1. The second kappa shape index (κ2) is 5.92. The Bertz CT molecular complexity index is 747. The maximum Gasteiger partial charge on any atom is 0.341 e.